The highest BCUT2D eigenvalue weighted by Crippen LogP contribution is 2.31. The van der Waals surface area contributed by atoms with Crippen molar-refractivity contribution in [3.8, 4) is 0 Å². The summed E-state index contributed by atoms with van der Waals surface area (Å²) in [5, 5.41) is 4.84. The lowest BCUT2D eigenvalue weighted by atomic mass is 10.2. The fraction of sp³-hybridized carbons (Fsp3) is 0.429. The van der Waals surface area contributed by atoms with Gasteiger partial charge in [0.05, 0.1) is 0 Å². The molecule has 0 spiro atoms. The molecular formula is C14H16ClF3N2S. The van der Waals surface area contributed by atoms with Crippen LogP contribution in [0.2, 0.25) is 5.02 Å². The molecule has 0 unspecified atom stereocenters. The Hall–Kier alpha value is -0.850. The lowest BCUT2D eigenvalue weighted by Crippen LogP contribution is -2.11. The zero-order chi connectivity index (χ0) is 15.5. The standard InChI is InChI=1S/C14H16ClF3N2S/c1-2-19-8-10-9-20(5-6-21-14(16,17)18)13-7-11(15)3-4-12(10)13/h3-4,7,9,19H,2,5-6,8H2,1H3. The average Bonchev–Trinajstić information content (AvgIpc) is 2.72. The molecule has 2 nitrogen and oxygen atoms in total. The maximum absolute atomic E-state index is 12.2. The van der Waals surface area contributed by atoms with Crippen LogP contribution in [0.15, 0.2) is 24.4 Å². The highest BCUT2D eigenvalue weighted by Gasteiger charge is 2.27. The highest BCUT2D eigenvalue weighted by atomic mass is 35.5. The predicted octanol–water partition coefficient (Wildman–Crippen LogP) is 4.66. The van der Waals surface area contributed by atoms with E-state index in [1.54, 1.807) is 12.1 Å². The number of nitrogens with zero attached hydrogens (tertiary/aromatic N) is 1. The first kappa shape index (κ1) is 16.5. The van der Waals surface area contributed by atoms with Gasteiger partial charge in [0.15, 0.2) is 0 Å². The second-order valence-electron chi connectivity index (χ2n) is 4.58. The molecule has 0 atom stereocenters. The molecule has 0 aliphatic heterocycles. The first-order valence-corrected chi connectivity index (χ1v) is 7.95. The zero-order valence-electron chi connectivity index (χ0n) is 11.5. The Labute approximate surface area is 130 Å². The van der Waals surface area contributed by atoms with Gasteiger partial charge in [-0.15, -0.1) is 0 Å². The summed E-state index contributed by atoms with van der Waals surface area (Å²) < 4.78 is 38.5. The first-order valence-electron chi connectivity index (χ1n) is 6.59. The lowest BCUT2D eigenvalue weighted by Gasteiger charge is -2.07. The van der Waals surface area contributed by atoms with Gasteiger partial charge >= 0.3 is 5.51 Å². The quantitative estimate of drug-likeness (QED) is 0.826. The van der Waals surface area contributed by atoms with E-state index in [-0.39, 0.29) is 17.5 Å². The fourth-order valence-electron chi connectivity index (χ4n) is 2.19. The minimum atomic E-state index is -4.19. The van der Waals surface area contributed by atoms with Gasteiger partial charge < -0.3 is 9.88 Å². The van der Waals surface area contributed by atoms with Gasteiger partial charge in [-0.05, 0) is 36.0 Å². The molecule has 0 bridgehead atoms. The fourth-order valence-corrected chi connectivity index (χ4v) is 2.87. The Morgan fingerprint density at radius 1 is 1.33 bits per heavy atom. The van der Waals surface area contributed by atoms with E-state index >= 15 is 0 Å². The number of alkyl halides is 3. The summed E-state index contributed by atoms with van der Waals surface area (Å²) in [6.07, 6.45) is 1.90. The molecule has 0 aliphatic rings. The van der Waals surface area contributed by atoms with Gasteiger partial charge in [-0.25, -0.2) is 0 Å². The molecular weight excluding hydrogens is 321 g/mol. The third kappa shape index (κ3) is 4.56. The number of halogens is 4. The van der Waals surface area contributed by atoms with E-state index in [1.165, 1.54) is 0 Å². The Morgan fingerprint density at radius 3 is 2.76 bits per heavy atom. The number of hydrogen-bond acceptors (Lipinski definition) is 2. The zero-order valence-corrected chi connectivity index (χ0v) is 13.1. The highest BCUT2D eigenvalue weighted by molar-refractivity contribution is 8.00. The average molecular weight is 337 g/mol. The van der Waals surface area contributed by atoms with Crippen molar-refractivity contribution in [2.75, 3.05) is 12.3 Å². The number of aromatic nitrogens is 1. The molecule has 0 amide bonds. The Bertz CT molecular complexity index is 610. The molecule has 116 valence electrons. The maximum atomic E-state index is 12.2. The number of benzene rings is 1. The van der Waals surface area contributed by atoms with Crippen LogP contribution in [0.4, 0.5) is 13.2 Å². The number of rotatable bonds is 6. The number of thioether (sulfide) groups is 1. The summed E-state index contributed by atoms with van der Waals surface area (Å²) in [7, 11) is 0. The largest absolute Gasteiger partial charge is 0.441 e. The van der Waals surface area contributed by atoms with Crippen LogP contribution >= 0.6 is 23.4 Å². The third-order valence-corrected chi connectivity index (χ3v) is 4.04. The molecule has 1 heterocycles. The van der Waals surface area contributed by atoms with Crippen LogP contribution in [-0.4, -0.2) is 22.4 Å². The summed E-state index contributed by atoms with van der Waals surface area (Å²) in [4.78, 5) is 0. The van der Waals surface area contributed by atoms with Crippen molar-refractivity contribution in [2.24, 2.45) is 0 Å². The van der Waals surface area contributed by atoms with Crippen molar-refractivity contribution in [1.29, 1.82) is 0 Å². The van der Waals surface area contributed by atoms with Gasteiger partial charge in [0.25, 0.3) is 0 Å². The first-order chi connectivity index (χ1) is 9.90. The molecule has 2 rings (SSSR count). The smallest absolute Gasteiger partial charge is 0.346 e. The molecule has 0 aliphatic carbocycles. The molecule has 7 heteroatoms. The lowest BCUT2D eigenvalue weighted by molar-refractivity contribution is -0.0328. The van der Waals surface area contributed by atoms with Gasteiger partial charge in [-0.3, -0.25) is 0 Å². The van der Waals surface area contributed by atoms with E-state index in [2.05, 4.69) is 5.32 Å². The molecule has 0 fully saturated rings. The number of hydrogen-bond donors (Lipinski definition) is 1. The van der Waals surface area contributed by atoms with E-state index in [1.807, 2.05) is 23.8 Å². The molecule has 1 aromatic heterocycles. The topological polar surface area (TPSA) is 17.0 Å². The van der Waals surface area contributed by atoms with E-state index in [0.29, 0.717) is 18.1 Å². The van der Waals surface area contributed by atoms with Gasteiger partial charge in [0.1, 0.15) is 0 Å². The van der Waals surface area contributed by atoms with Crippen LogP contribution in [0.1, 0.15) is 12.5 Å². The summed E-state index contributed by atoms with van der Waals surface area (Å²) in [6.45, 7) is 3.83. The number of fused-ring (bicyclic) bond motifs is 1. The normalized spacial score (nSPS) is 12.2. The SMILES string of the molecule is CCNCc1cn(CCSC(F)(F)F)c2cc(Cl)ccc12. The molecule has 0 saturated heterocycles. The van der Waals surface area contributed by atoms with E-state index in [9.17, 15) is 13.2 Å². The molecule has 0 saturated carbocycles. The van der Waals surface area contributed by atoms with Crippen LogP contribution in [0.5, 0.6) is 0 Å². The van der Waals surface area contributed by atoms with Crippen molar-refractivity contribution in [3.63, 3.8) is 0 Å². The summed E-state index contributed by atoms with van der Waals surface area (Å²) >= 11 is 6.00. The van der Waals surface area contributed by atoms with E-state index < -0.39 is 5.51 Å². The van der Waals surface area contributed by atoms with Crippen LogP contribution in [-0.2, 0) is 13.1 Å². The molecule has 1 aromatic carbocycles. The van der Waals surface area contributed by atoms with Crippen LogP contribution in [0, 0.1) is 0 Å². The molecule has 2 aromatic rings. The minimum Gasteiger partial charge on any atom is -0.346 e. The summed E-state index contributed by atoms with van der Waals surface area (Å²) in [5.74, 6) is -0.0135. The monoisotopic (exact) mass is 336 g/mol. The summed E-state index contributed by atoms with van der Waals surface area (Å²) in [5.41, 5.74) is -2.24. The second-order valence-corrected chi connectivity index (χ2v) is 6.18. The van der Waals surface area contributed by atoms with Crippen molar-refractivity contribution < 1.29 is 13.2 Å². The molecule has 21 heavy (non-hydrogen) atoms. The number of aryl methyl sites for hydroxylation is 1. The van der Waals surface area contributed by atoms with Gasteiger partial charge in [-0.2, -0.15) is 13.2 Å². The Morgan fingerprint density at radius 2 is 2.10 bits per heavy atom. The van der Waals surface area contributed by atoms with Crippen LogP contribution < -0.4 is 5.32 Å². The maximum Gasteiger partial charge on any atom is 0.441 e. The third-order valence-electron chi connectivity index (χ3n) is 3.09. The number of nitrogens with one attached hydrogen (secondary N) is 1. The van der Waals surface area contributed by atoms with E-state index in [4.69, 9.17) is 11.6 Å². The van der Waals surface area contributed by atoms with Crippen molar-refractivity contribution >= 4 is 34.3 Å². The Balaban J connectivity index is 2.23. The van der Waals surface area contributed by atoms with E-state index in [0.717, 1.165) is 23.0 Å². The van der Waals surface area contributed by atoms with Gasteiger partial charge in [0, 0.05) is 41.0 Å². The summed E-state index contributed by atoms with van der Waals surface area (Å²) in [6, 6.07) is 5.51. The van der Waals surface area contributed by atoms with Crippen LogP contribution in [0.3, 0.4) is 0 Å². The molecule has 0 radical (unpaired) electrons. The predicted molar refractivity (Wildman–Crippen MR) is 82.8 cm³/mol. The van der Waals surface area contributed by atoms with Crippen molar-refractivity contribution in [3.05, 3.63) is 35.0 Å². The second kappa shape index (κ2) is 6.94. The van der Waals surface area contributed by atoms with Gasteiger partial charge in [-0.1, -0.05) is 24.6 Å². The van der Waals surface area contributed by atoms with Crippen molar-refractivity contribution in [1.82, 2.24) is 9.88 Å². The Kier molecular flexibility index (Phi) is 5.46. The van der Waals surface area contributed by atoms with Crippen LogP contribution in [0.25, 0.3) is 10.9 Å². The van der Waals surface area contributed by atoms with Crippen molar-refractivity contribution in [2.45, 2.75) is 25.5 Å². The molecule has 1 N–H and O–H groups in total. The minimum absolute atomic E-state index is 0.00117. The van der Waals surface area contributed by atoms with Gasteiger partial charge in [0.2, 0.25) is 0 Å².